The Morgan fingerprint density at radius 3 is 2.46 bits per heavy atom. The maximum atomic E-state index is 12.3. The molecule has 3 rings (SSSR count). The molecule has 1 heterocycles. The van der Waals surface area contributed by atoms with Crippen molar-refractivity contribution in [1.29, 1.82) is 0 Å². The number of sulfonamides is 1. The fourth-order valence-corrected chi connectivity index (χ4v) is 4.19. The van der Waals surface area contributed by atoms with Crippen molar-refractivity contribution in [3.63, 3.8) is 0 Å². The van der Waals surface area contributed by atoms with Gasteiger partial charge >= 0.3 is 0 Å². The third kappa shape index (κ3) is 5.69. The van der Waals surface area contributed by atoms with E-state index in [4.69, 9.17) is 0 Å². The first kappa shape index (κ1) is 20.1. The monoisotopic (exact) mass is 416 g/mol. The molecule has 7 nitrogen and oxygen atoms in total. The molecule has 0 aliphatic rings. The third-order valence-electron chi connectivity index (χ3n) is 3.94. The number of nitrogens with one attached hydrogen (secondary N) is 2. The van der Waals surface area contributed by atoms with Gasteiger partial charge in [-0.1, -0.05) is 59.4 Å². The normalized spacial score (nSPS) is 11.3. The van der Waals surface area contributed by atoms with Crippen LogP contribution in [0.25, 0.3) is 0 Å². The fraction of sp³-hybridized carbons (Fsp3) is 0.211. The predicted molar refractivity (Wildman–Crippen MR) is 109 cm³/mol. The van der Waals surface area contributed by atoms with Crippen molar-refractivity contribution < 1.29 is 13.2 Å². The number of rotatable bonds is 8. The van der Waals surface area contributed by atoms with E-state index in [0.717, 1.165) is 22.5 Å². The lowest BCUT2D eigenvalue weighted by molar-refractivity contribution is -0.116. The largest absolute Gasteiger partial charge is 0.301 e. The van der Waals surface area contributed by atoms with Gasteiger partial charge in [-0.15, -0.1) is 10.2 Å². The summed E-state index contributed by atoms with van der Waals surface area (Å²) in [5, 5.41) is 11.3. The van der Waals surface area contributed by atoms with Crippen LogP contribution >= 0.6 is 11.3 Å². The molecule has 3 aromatic rings. The molecular formula is C19H20N4O3S2. The summed E-state index contributed by atoms with van der Waals surface area (Å²) in [6, 6.07) is 16.3. The number of aryl methyl sites for hydroxylation is 2. The summed E-state index contributed by atoms with van der Waals surface area (Å²) in [6.07, 6.45) is 0.966. The molecule has 1 amide bonds. The van der Waals surface area contributed by atoms with Crippen LogP contribution in [0.15, 0.2) is 59.5 Å². The van der Waals surface area contributed by atoms with Crippen LogP contribution in [0.3, 0.4) is 0 Å². The van der Waals surface area contributed by atoms with E-state index < -0.39 is 10.0 Å². The maximum absolute atomic E-state index is 12.3. The predicted octanol–water partition coefficient (Wildman–Crippen LogP) is 2.90. The molecule has 2 N–H and O–H groups in total. The van der Waals surface area contributed by atoms with E-state index in [1.807, 2.05) is 37.3 Å². The average Bonchev–Trinajstić information content (AvgIpc) is 3.13. The number of benzene rings is 2. The highest BCUT2D eigenvalue weighted by Gasteiger charge is 2.15. The van der Waals surface area contributed by atoms with Gasteiger partial charge in [0, 0.05) is 6.42 Å². The first-order valence-electron chi connectivity index (χ1n) is 8.65. The molecule has 0 unspecified atom stereocenters. The third-order valence-corrected chi connectivity index (χ3v) is 6.20. The smallest absolute Gasteiger partial charge is 0.240 e. The Hall–Kier alpha value is -2.62. The van der Waals surface area contributed by atoms with Crippen molar-refractivity contribution in [1.82, 2.24) is 14.9 Å². The Morgan fingerprint density at radius 2 is 1.75 bits per heavy atom. The topological polar surface area (TPSA) is 101 Å². The van der Waals surface area contributed by atoms with Crippen molar-refractivity contribution in [2.24, 2.45) is 0 Å². The van der Waals surface area contributed by atoms with E-state index in [1.165, 1.54) is 0 Å². The molecule has 0 aliphatic carbocycles. The summed E-state index contributed by atoms with van der Waals surface area (Å²) in [5.74, 6) is -0.160. The molecule has 146 valence electrons. The second-order valence-corrected chi connectivity index (χ2v) is 9.00. The summed E-state index contributed by atoms with van der Waals surface area (Å²) >= 11 is 1.14. The Labute approximate surface area is 167 Å². The van der Waals surface area contributed by atoms with Gasteiger partial charge in [0.15, 0.2) is 0 Å². The molecule has 1 aromatic heterocycles. The van der Waals surface area contributed by atoms with Gasteiger partial charge in [0.2, 0.25) is 21.1 Å². The summed E-state index contributed by atoms with van der Waals surface area (Å²) in [6.45, 7) is 1.90. The molecule has 2 aromatic carbocycles. The van der Waals surface area contributed by atoms with Crippen LogP contribution in [0, 0.1) is 6.92 Å². The molecule has 0 fully saturated rings. The molecule has 28 heavy (non-hydrogen) atoms. The first-order valence-corrected chi connectivity index (χ1v) is 10.9. The number of amides is 1. The quantitative estimate of drug-likeness (QED) is 0.588. The van der Waals surface area contributed by atoms with Gasteiger partial charge in [-0.25, -0.2) is 13.1 Å². The summed E-state index contributed by atoms with van der Waals surface area (Å²) in [7, 11) is -3.63. The van der Waals surface area contributed by atoms with Gasteiger partial charge in [-0.2, -0.15) is 0 Å². The van der Waals surface area contributed by atoms with Crippen molar-refractivity contribution in [3.05, 3.63) is 70.7 Å². The Kier molecular flexibility index (Phi) is 6.50. The summed E-state index contributed by atoms with van der Waals surface area (Å²) in [5.41, 5.74) is 2.07. The van der Waals surface area contributed by atoms with Crippen molar-refractivity contribution in [3.8, 4) is 0 Å². The minimum atomic E-state index is -3.63. The van der Waals surface area contributed by atoms with Crippen molar-refractivity contribution >= 4 is 32.4 Å². The second-order valence-electron chi connectivity index (χ2n) is 6.17. The van der Waals surface area contributed by atoms with Crippen LogP contribution < -0.4 is 10.0 Å². The van der Waals surface area contributed by atoms with Crippen molar-refractivity contribution in [2.45, 2.75) is 31.2 Å². The molecular weight excluding hydrogens is 396 g/mol. The van der Waals surface area contributed by atoms with E-state index in [1.54, 1.807) is 24.3 Å². The molecule has 0 saturated carbocycles. The highest BCUT2D eigenvalue weighted by molar-refractivity contribution is 7.89. The van der Waals surface area contributed by atoms with Crippen LogP contribution in [-0.2, 0) is 27.8 Å². The molecule has 0 saturated heterocycles. The molecule has 0 atom stereocenters. The lowest BCUT2D eigenvalue weighted by atomic mass is 10.1. The SMILES string of the molecule is Cc1ccc(S(=O)(=O)NCc2nnc(NC(=O)CCc3ccccc3)s2)cc1. The van der Waals surface area contributed by atoms with E-state index in [2.05, 4.69) is 20.2 Å². The highest BCUT2D eigenvalue weighted by atomic mass is 32.2. The number of hydrogen-bond acceptors (Lipinski definition) is 6. The van der Waals surface area contributed by atoms with Gasteiger partial charge in [0.1, 0.15) is 5.01 Å². The molecule has 0 spiro atoms. The van der Waals surface area contributed by atoms with E-state index in [9.17, 15) is 13.2 Å². The van der Waals surface area contributed by atoms with Crippen LogP contribution in [0.2, 0.25) is 0 Å². The number of aromatic nitrogens is 2. The van der Waals surface area contributed by atoms with Gasteiger partial charge in [0.05, 0.1) is 11.4 Å². The van der Waals surface area contributed by atoms with Gasteiger partial charge in [0.25, 0.3) is 0 Å². The van der Waals surface area contributed by atoms with Crippen LogP contribution in [0.4, 0.5) is 5.13 Å². The number of carbonyl (C=O) groups excluding carboxylic acids is 1. The zero-order valence-corrected chi connectivity index (χ0v) is 16.9. The van der Waals surface area contributed by atoms with E-state index >= 15 is 0 Å². The fourth-order valence-electron chi connectivity index (χ4n) is 2.42. The molecule has 0 bridgehead atoms. The summed E-state index contributed by atoms with van der Waals surface area (Å²) in [4.78, 5) is 12.2. The summed E-state index contributed by atoms with van der Waals surface area (Å²) < 4.78 is 27.1. The van der Waals surface area contributed by atoms with Gasteiger partial charge in [-0.3, -0.25) is 4.79 Å². The average molecular weight is 417 g/mol. The minimum absolute atomic E-state index is 0.00770. The lowest BCUT2D eigenvalue weighted by Gasteiger charge is -2.05. The highest BCUT2D eigenvalue weighted by Crippen LogP contribution is 2.17. The molecule has 0 radical (unpaired) electrons. The van der Waals surface area contributed by atoms with Crippen LogP contribution in [0.5, 0.6) is 0 Å². The van der Waals surface area contributed by atoms with Crippen molar-refractivity contribution in [2.75, 3.05) is 5.32 Å². The Morgan fingerprint density at radius 1 is 1.04 bits per heavy atom. The molecule has 0 aliphatic heterocycles. The van der Waals surface area contributed by atoms with E-state index in [-0.39, 0.29) is 17.3 Å². The Balaban J connectivity index is 1.51. The minimum Gasteiger partial charge on any atom is -0.301 e. The van der Waals surface area contributed by atoms with Crippen LogP contribution in [-0.4, -0.2) is 24.5 Å². The maximum Gasteiger partial charge on any atom is 0.240 e. The lowest BCUT2D eigenvalue weighted by Crippen LogP contribution is -2.23. The number of hydrogen-bond donors (Lipinski definition) is 2. The number of anilines is 1. The zero-order valence-electron chi connectivity index (χ0n) is 15.3. The molecule has 9 heteroatoms. The number of nitrogens with zero attached hydrogens (tertiary/aromatic N) is 2. The standard InChI is InChI=1S/C19H20N4O3S2/c1-14-7-10-16(11-8-14)28(25,26)20-13-18-22-23-19(27-18)21-17(24)12-9-15-5-3-2-4-6-15/h2-8,10-11,20H,9,12-13H2,1H3,(H,21,23,24). The van der Waals surface area contributed by atoms with E-state index in [0.29, 0.717) is 23.0 Å². The van der Waals surface area contributed by atoms with Crippen LogP contribution in [0.1, 0.15) is 22.6 Å². The van der Waals surface area contributed by atoms with Gasteiger partial charge in [-0.05, 0) is 31.0 Å². The van der Waals surface area contributed by atoms with Gasteiger partial charge < -0.3 is 5.32 Å². The zero-order chi connectivity index (χ0) is 20.0. The first-order chi connectivity index (χ1) is 13.4. The Bertz CT molecular complexity index is 1030. The number of carbonyl (C=O) groups is 1. The second kappa shape index (κ2) is 9.05.